The summed E-state index contributed by atoms with van der Waals surface area (Å²) in [5.74, 6) is 0. The number of nitrogens with zero attached hydrogens (tertiary/aromatic N) is 1. The van der Waals surface area contributed by atoms with Crippen LogP contribution in [0.4, 0.5) is 0 Å². The summed E-state index contributed by atoms with van der Waals surface area (Å²) >= 11 is 0. The molecule has 1 aliphatic heterocycles. The molecule has 2 rings (SSSR count). The molecule has 2 atom stereocenters. The van der Waals surface area contributed by atoms with Crippen LogP contribution in [0.5, 0.6) is 0 Å². The number of piperidine rings is 1. The Labute approximate surface area is 94.2 Å². The minimum atomic E-state index is 0.483. The highest BCUT2D eigenvalue weighted by atomic mass is 15.2. The quantitative estimate of drug-likeness (QED) is 0.720. The molecule has 2 fully saturated rings. The normalized spacial score (nSPS) is 44.2. The van der Waals surface area contributed by atoms with Gasteiger partial charge in [0.15, 0.2) is 0 Å². The van der Waals surface area contributed by atoms with Crippen LogP contribution in [0.1, 0.15) is 58.8 Å². The predicted octanol–water partition coefficient (Wildman–Crippen LogP) is 2.52. The molecule has 1 saturated heterocycles. The number of hydrogen-bond donors (Lipinski definition) is 1. The Balaban J connectivity index is 1.95. The first kappa shape index (κ1) is 11.4. The molecule has 0 aromatic carbocycles. The van der Waals surface area contributed by atoms with Crippen molar-refractivity contribution in [3.8, 4) is 0 Å². The van der Waals surface area contributed by atoms with Gasteiger partial charge in [-0.05, 0) is 52.4 Å². The molecule has 0 aromatic heterocycles. The molecule has 2 nitrogen and oxygen atoms in total. The van der Waals surface area contributed by atoms with Crippen LogP contribution in [0.3, 0.4) is 0 Å². The summed E-state index contributed by atoms with van der Waals surface area (Å²) in [5, 5.41) is 0. The third-order valence-electron chi connectivity index (χ3n) is 4.42. The van der Waals surface area contributed by atoms with E-state index < -0.39 is 0 Å². The lowest BCUT2D eigenvalue weighted by atomic mass is 9.86. The number of hydrogen-bond acceptors (Lipinski definition) is 2. The lowest BCUT2D eigenvalue weighted by Gasteiger charge is -2.46. The van der Waals surface area contributed by atoms with E-state index >= 15 is 0 Å². The highest BCUT2D eigenvalue weighted by Gasteiger charge is 2.32. The van der Waals surface area contributed by atoms with Crippen molar-refractivity contribution in [1.82, 2.24) is 4.90 Å². The number of nitrogens with two attached hydrogens (primary N) is 1. The first-order valence-electron chi connectivity index (χ1n) is 6.71. The van der Waals surface area contributed by atoms with Gasteiger partial charge < -0.3 is 5.73 Å². The average molecular weight is 210 g/mol. The SMILES string of the molecule is C[C@@H]1CCC[C@H](C)N1C1CCC(N)CC1. The summed E-state index contributed by atoms with van der Waals surface area (Å²) in [6.45, 7) is 4.81. The molecule has 2 N–H and O–H groups in total. The molecule has 1 saturated carbocycles. The molecule has 0 amide bonds. The van der Waals surface area contributed by atoms with Crippen LogP contribution in [-0.2, 0) is 0 Å². The van der Waals surface area contributed by atoms with Crippen molar-refractivity contribution in [3.05, 3.63) is 0 Å². The summed E-state index contributed by atoms with van der Waals surface area (Å²) in [5.41, 5.74) is 5.98. The minimum Gasteiger partial charge on any atom is -0.328 e. The highest BCUT2D eigenvalue weighted by molar-refractivity contribution is 4.88. The molecule has 2 heteroatoms. The molecule has 0 bridgehead atoms. The van der Waals surface area contributed by atoms with Gasteiger partial charge in [0.25, 0.3) is 0 Å². The van der Waals surface area contributed by atoms with E-state index in [4.69, 9.17) is 5.73 Å². The van der Waals surface area contributed by atoms with Gasteiger partial charge >= 0.3 is 0 Å². The van der Waals surface area contributed by atoms with Crippen LogP contribution in [-0.4, -0.2) is 29.1 Å². The van der Waals surface area contributed by atoms with Gasteiger partial charge in [-0.1, -0.05) is 6.42 Å². The summed E-state index contributed by atoms with van der Waals surface area (Å²) in [7, 11) is 0. The Morgan fingerprint density at radius 1 is 0.867 bits per heavy atom. The molecule has 1 heterocycles. The molecule has 2 aliphatic rings. The van der Waals surface area contributed by atoms with Crippen molar-refractivity contribution >= 4 is 0 Å². The summed E-state index contributed by atoms with van der Waals surface area (Å²) in [4.78, 5) is 2.79. The Morgan fingerprint density at radius 3 is 1.93 bits per heavy atom. The third kappa shape index (κ3) is 2.54. The molecule has 0 radical (unpaired) electrons. The van der Waals surface area contributed by atoms with Gasteiger partial charge in [0, 0.05) is 24.2 Å². The first-order chi connectivity index (χ1) is 7.18. The maximum Gasteiger partial charge on any atom is 0.0102 e. The van der Waals surface area contributed by atoms with Gasteiger partial charge in [0.05, 0.1) is 0 Å². The van der Waals surface area contributed by atoms with E-state index in [2.05, 4.69) is 18.7 Å². The van der Waals surface area contributed by atoms with Crippen LogP contribution in [0, 0.1) is 0 Å². The second-order valence-electron chi connectivity index (χ2n) is 5.64. The maximum atomic E-state index is 5.98. The van der Waals surface area contributed by atoms with Crippen LogP contribution < -0.4 is 5.73 Å². The lowest BCUT2D eigenvalue weighted by molar-refractivity contribution is 0.0350. The highest BCUT2D eigenvalue weighted by Crippen LogP contribution is 2.31. The summed E-state index contributed by atoms with van der Waals surface area (Å²) in [6, 6.07) is 2.91. The van der Waals surface area contributed by atoms with E-state index in [9.17, 15) is 0 Å². The van der Waals surface area contributed by atoms with Gasteiger partial charge in [-0.2, -0.15) is 0 Å². The second kappa shape index (κ2) is 4.84. The Morgan fingerprint density at radius 2 is 1.40 bits per heavy atom. The molecule has 88 valence electrons. The van der Waals surface area contributed by atoms with E-state index in [0.717, 1.165) is 18.1 Å². The molecule has 15 heavy (non-hydrogen) atoms. The van der Waals surface area contributed by atoms with Crippen LogP contribution >= 0.6 is 0 Å². The smallest absolute Gasteiger partial charge is 0.0102 e. The molecular formula is C13H26N2. The van der Waals surface area contributed by atoms with Crippen molar-refractivity contribution < 1.29 is 0 Å². The summed E-state index contributed by atoms with van der Waals surface area (Å²) in [6.07, 6.45) is 9.35. The van der Waals surface area contributed by atoms with Crippen molar-refractivity contribution in [2.75, 3.05) is 0 Å². The zero-order chi connectivity index (χ0) is 10.8. The minimum absolute atomic E-state index is 0.483. The van der Waals surface area contributed by atoms with Crippen LogP contribution in [0.25, 0.3) is 0 Å². The van der Waals surface area contributed by atoms with Crippen molar-refractivity contribution in [1.29, 1.82) is 0 Å². The molecular weight excluding hydrogens is 184 g/mol. The Hall–Kier alpha value is -0.0800. The molecule has 0 aromatic rings. The zero-order valence-electron chi connectivity index (χ0n) is 10.3. The summed E-state index contributed by atoms with van der Waals surface area (Å²) < 4.78 is 0. The van der Waals surface area contributed by atoms with E-state index in [1.165, 1.54) is 44.9 Å². The number of likely N-dealkylation sites (tertiary alicyclic amines) is 1. The Kier molecular flexibility index (Phi) is 3.68. The first-order valence-corrected chi connectivity index (χ1v) is 6.71. The van der Waals surface area contributed by atoms with E-state index in [-0.39, 0.29) is 0 Å². The second-order valence-corrected chi connectivity index (χ2v) is 5.64. The van der Waals surface area contributed by atoms with Gasteiger partial charge in [0.2, 0.25) is 0 Å². The van der Waals surface area contributed by atoms with E-state index in [1.807, 2.05) is 0 Å². The largest absolute Gasteiger partial charge is 0.328 e. The van der Waals surface area contributed by atoms with Gasteiger partial charge in [-0.3, -0.25) is 4.90 Å². The zero-order valence-corrected chi connectivity index (χ0v) is 10.3. The van der Waals surface area contributed by atoms with Gasteiger partial charge in [0.1, 0.15) is 0 Å². The monoisotopic (exact) mass is 210 g/mol. The molecule has 0 spiro atoms. The molecule has 0 unspecified atom stereocenters. The fourth-order valence-electron chi connectivity index (χ4n) is 3.56. The maximum absolute atomic E-state index is 5.98. The van der Waals surface area contributed by atoms with Gasteiger partial charge in [-0.25, -0.2) is 0 Å². The number of rotatable bonds is 1. The fourth-order valence-corrected chi connectivity index (χ4v) is 3.56. The van der Waals surface area contributed by atoms with Gasteiger partial charge in [-0.15, -0.1) is 0 Å². The van der Waals surface area contributed by atoms with Crippen molar-refractivity contribution in [2.24, 2.45) is 5.73 Å². The van der Waals surface area contributed by atoms with Crippen LogP contribution in [0.15, 0.2) is 0 Å². The Bertz CT molecular complexity index is 187. The predicted molar refractivity (Wildman–Crippen MR) is 64.8 cm³/mol. The van der Waals surface area contributed by atoms with E-state index in [0.29, 0.717) is 6.04 Å². The van der Waals surface area contributed by atoms with Crippen molar-refractivity contribution in [3.63, 3.8) is 0 Å². The third-order valence-corrected chi connectivity index (χ3v) is 4.42. The standard InChI is InChI=1S/C13H26N2/c1-10-4-3-5-11(2)15(10)13-8-6-12(14)7-9-13/h10-13H,3-9,14H2,1-2H3/t10-,11+,12?,13?. The van der Waals surface area contributed by atoms with E-state index in [1.54, 1.807) is 0 Å². The molecule has 1 aliphatic carbocycles. The topological polar surface area (TPSA) is 29.3 Å². The fraction of sp³-hybridized carbons (Fsp3) is 1.00. The van der Waals surface area contributed by atoms with Crippen LogP contribution in [0.2, 0.25) is 0 Å². The van der Waals surface area contributed by atoms with Crippen molar-refractivity contribution in [2.45, 2.75) is 83.0 Å². The lowest BCUT2D eigenvalue weighted by Crippen LogP contribution is -2.51. The average Bonchev–Trinajstić information content (AvgIpc) is 2.20.